The summed E-state index contributed by atoms with van der Waals surface area (Å²) < 4.78 is 7.24. The van der Waals surface area contributed by atoms with Gasteiger partial charge in [-0.2, -0.15) is 0 Å². The first-order valence-electron chi connectivity index (χ1n) is 15.5. The van der Waals surface area contributed by atoms with Crippen molar-refractivity contribution in [1.82, 2.24) is 20.1 Å². The molecule has 3 amide bonds. The number of fused-ring (bicyclic) bond motifs is 2. The summed E-state index contributed by atoms with van der Waals surface area (Å²) in [6, 6.07) is 6.29. The molecule has 2 fully saturated rings. The summed E-state index contributed by atoms with van der Waals surface area (Å²) in [4.78, 5) is 46.6. The smallest absolute Gasteiger partial charge is 0.408 e. The van der Waals surface area contributed by atoms with Gasteiger partial charge in [0.1, 0.15) is 12.1 Å². The van der Waals surface area contributed by atoms with Crippen molar-refractivity contribution in [2.24, 2.45) is 11.8 Å². The zero-order valence-corrected chi connectivity index (χ0v) is 29.6. The van der Waals surface area contributed by atoms with E-state index >= 15 is 0 Å². The SMILES string of the molecule is CC(C)(C)OC(=O)NCC(=O)N1CCC(CC(=O)N2CCC([C@H]3c4ncc(Br)cc4CCc4cc(Cl)cc(Br)c43)CC2)CC1. The van der Waals surface area contributed by atoms with E-state index < -0.39 is 11.7 Å². The largest absolute Gasteiger partial charge is 0.444 e. The van der Waals surface area contributed by atoms with Crippen LogP contribution in [0, 0.1) is 11.8 Å². The van der Waals surface area contributed by atoms with E-state index in [1.165, 1.54) is 16.7 Å². The minimum absolute atomic E-state index is 0.0835. The fourth-order valence-corrected chi connectivity index (χ4v) is 8.35. The Hall–Kier alpha value is -2.17. The molecule has 11 heteroatoms. The number of alkyl carbamates (subject to hydrolysis) is 1. The topological polar surface area (TPSA) is 91.8 Å². The van der Waals surface area contributed by atoms with Crippen molar-refractivity contribution in [1.29, 1.82) is 0 Å². The number of nitrogens with one attached hydrogen (secondary N) is 1. The molecule has 1 N–H and O–H groups in total. The lowest BCUT2D eigenvalue weighted by atomic mass is 9.76. The van der Waals surface area contributed by atoms with Crippen LogP contribution in [0.4, 0.5) is 4.79 Å². The second-order valence-electron chi connectivity index (χ2n) is 13.2. The molecule has 2 aliphatic heterocycles. The first-order valence-corrected chi connectivity index (χ1v) is 17.5. The third kappa shape index (κ3) is 8.15. The predicted molar refractivity (Wildman–Crippen MR) is 178 cm³/mol. The quantitative estimate of drug-likeness (QED) is 0.360. The molecule has 1 atom stereocenters. The van der Waals surface area contributed by atoms with Crippen LogP contribution in [0.1, 0.15) is 81.2 Å². The van der Waals surface area contributed by atoms with E-state index in [0.717, 1.165) is 71.3 Å². The molecule has 1 aromatic heterocycles. The third-order valence-corrected chi connectivity index (χ3v) is 10.3. The maximum Gasteiger partial charge on any atom is 0.408 e. The van der Waals surface area contributed by atoms with E-state index in [9.17, 15) is 14.4 Å². The lowest BCUT2D eigenvalue weighted by molar-refractivity contribution is -0.134. The summed E-state index contributed by atoms with van der Waals surface area (Å²) in [5, 5.41) is 3.28. The lowest BCUT2D eigenvalue weighted by Gasteiger charge is -2.38. The number of likely N-dealkylation sites (tertiary alicyclic amines) is 2. The van der Waals surface area contributed by atoms with Crippen molar-refractivity contribution in [3.05, 3.63) is 60.7 Å². The van der Waals surface area contributed by atoms with Crippen molar-refractivity contribution in [2.45, 2.75) is 77.2 Å². The van der Waals surface area contributed by atoms with Crippen LogP contribution in [-0.4, -0.2) is 71.0 Å². The Bertz CT molecular complexity index is 1400. The zero-order valence-electron chi connectivity index (χ0n) is 25.6. The van der Waals surface area contributed by atoms with Crippen LogP contribution >= 0.6 is 43.5 Å². The van der Waals surface area contributed by atoms with E-state index in [0.29, 0.717) is 25.4 Å². The highest BCUT2D eigenvalue weighted by Crippen LogP contribution is 2.46. The molecule has 2 aromatic rings. The van der Waals surface area contributed by atoms with Gasteiger partial charge in [-0.25, -0.2) is 4.79 Å². The second kappa shape index (κ2) is 14.1. The molecule has 0 saturated carbocycles. The maximum atomic E-state index is 13.4. The molecule has 0 unspecified atom stereocenters. The summed E-state index contributed by atoms with van der Waals surface area (Å²) in [5.41, 5.74) is 4.36. The van der Waals surface area contributed by atoms with E-state index in [2.05, 4.69) is 49.3 Å². The molecule has 8 nitrogen and oxygen atoms in total. The number of aromatic nitrogens is 1. The first-order chi connectivity index (χ1) is 20.9. The zero-order chi connectivity index (χ0) is 31.6. The predicted octanol–water partition coefficient (Wildman–Crippen LogP) is 6.88. The molecular formula is C33H41Br2ClN4O4. The number of ether oxygens (including phenoxy) is 1. The first kappa shape index (κ1) is 33.2. The van der Waals surface area contributed by atoms with Gasteiger partial charge in [0, 0.05) is 58.7 Å². The van der Waals surface area contributed by atoms with Crippen LogP contribution in [0.2, 0.25) is 5.02 Å². The molecule has 3 aliphatic rings. The van der Waals surface area contributed by atoms with E-state index in [1.807, 2.05) is 17.2 Å². The van der Waals surface area contributed by atoms with Crippen LogP contribution in [0.5, 0.6) is 0 Å². The Balaban J connectivity index is 1.15. The van der Waals surface area contributed by atoms with Crippen molar-refractivity contribution < 1.29 is 19.1 Å². The third-order valence-electron chi connectivity index (χ3n) is 8.99. The van der Waals surface area contributed by atoms with Crippen molar-refractivity contribution in [3.8, 4) is 0 Å². The number of nitrogens with zero attached hydrogens (tertiary/aromatic N) is 3. The molecule has 44 heavy (non-hydrogen) atoms. The summed E-state index contributed by atoms with van der Waals surface area (Å²) in [6.07, 6.45) is 7.05. The van der Waals surface area contributed by atoms with Gasteiger partial charge in [0.25, 0.3) is 0 Å². The lowest BCUT2D eigenvalue weighted by Crippen LogP contribution is -2.46. The molecule has 238 valence electrons. The highest BCUT2D eigenvalue weighted by Gasteiger charge is 2.37. The summed E-state index contributed by atoms with van der Waals surface area (Å²) in [5.74, 6) is 0.846. The summed E-state index contributed by atoms with van der Waals surface area (Å²) in [6.45, 7) is 7.93. The number of pyridine rings is 1. The molecule has 1 aromatic carbocycles. The highest BCUT2D eigenvalue weighted by atomic mass is 79.9. The molecular weight excluding hydrogens is 712 g/mol. The summed E-state index contributed by atoms with van der Waals surface area (Å²) in [7, 11) is 0. The number of amides is 3. The minimum Gasteiger partial charge on any atom is -0.444 e. The Morgan fingerprint density at radius 1 is 0.955 bits per heavy atom. The minimum atomic E-state index is -0.611. The second-order valence-corrected chi connectivity index (χ2v) is 15.4. The van der Waals surface area contributed by atoms with Gasteiger partial charge < -0.3 is 19.9 Å². The Kier molecular flexibility index (Phi) is 10.6. The number of hydrogen-bond donors (Lipinski definition) is 1. The fraction of sp³-hybridized carbons (Fsp3) is 0.576. The van der Waals surface area contributed by atoms with Gasteiger partial charge in [0.15, 0.2) is 0 Å². The number of halogens is 3. The number of rotatable bonds is 5. The molecule has 3 heterocycles. The molecule has 0 radical (unpaired) electrons. The number of aryl methyl sites for hydroxylation is 2. The van der Waals surface area contributed by atoms with Gasteiger partial charge in [0.2, 0.25) is 11.8 Å². The Morgan fingerprint density at radius 3 is 2.27 bits per heavy atom. The van der Waals surface area contributed by atoms with Gasteiger partial charge in [-0.15, -0.1) is 0 Å². The number of carbonyl (C=O) groups excluding carboxylic acids is 3. The van der Waals surface area contributed by atoms with Gasteiger partial charge in [-0.05, 0) is 122 Å². The van der Waals surface area contributed by atoms with E-state index in [-0.39, 0.29) is 30.2 Å². The van der Waals surface area contributed by atoms with Gasteiger partial charge in [-0.3, -0.25) is 14.6 Å². The van der Waals surface area contributed by atoms with Crippen molar-refractivity contribution in [3.63, 3.8) is 0 Å². The van der Waals surface area contributed by atoms with Gasteiger partial charge >= 0.3 is 6.09 Å². The number of hydrogen-bond acceptors (Lipinski definition) is 5. The standard InChI is InChI=1S/C33H41Br2ClN4O4/c1-33(2,3)44-32(43)38-19-28(42)40-10-6-20(7-11-40)14-27(41)39-12-8-21(9-13-39)30-29-22(16-25(36)17-26(29)35)4-5-23-15-24(34)18-37-31(23)30/h15-18,20-21,30H,4-14,19H2,1-3H3,(H,38,43)/t30-/m1/s1. The normalized spacial score (nSPS) is 19.5. The van der Waals surface area contributed by atoms with E-state index in [1.54, 1.807) is 25.7 Å². The van der Waals surface area contributed by atoms with E-state index in [4.69, 9.17) is 21.3 Å². The Labute approximate surface area is 281 Å². The summed E-state index contributed by atoms with van der Waals surface area (Å²) >= 11 is 13.9. The van der Waals surface area contributed by atoms with Crippen LogP contribution < -0.4 is 5.32 Å². The van der Waals surface area contributed by atoms with Crippen molar-refractivity contribution >= 4 is 61.4 Å². The van der Waals surface area contributed by atoms with Crippen LogP contribution in [-0.2, 0) is 27.2 Å². The van der Waals surface area contributed by atoms with Gasteiger partial charge in [-0.1, -0.05) is 27.5 Å². The molecule has 0 bridgehead atoms. The monoisotopic (exact) mass is 750 g/mol. The van der Waals surface area contributed by atoms with Gasteiger partial charge in [0.05, 0.1) is 5.69 Å². The highest BCUT2D eigenvalue weighted by molar-refractivity contribution is 9.10. The van der Waals surface area contributed by atoms with Crippen molar-refractivity contribution in [2.75, 3.05) is 32.7 Å². The van der Waals surface area contributed by atoms with Crippen LogP contribution in [0.3, 0.4) is 0 Å². The molecule has 2 saturated heterocycles. The van der Waals surface area contributed by atoms with Crippen LogP contribution in [0.25, 0.3) is 0 Å². The molecule has 1 aliphatic carbocycles. The fourth-order valence-electron chi connectivity index (χ4n) is 6.85. The average molecular weight is 753 g/mol. The number of benzene rings is 1. The van der Waals surface area contributed by atoms with Crippen LogP contribution in [0.15, 0.2) is 33.3 Å². The molecule has 5 rings (SSSR count). The average Bonchev–Trinajstić information content (AvgIpc) is 3.12. The number of carbonyl (C=O) groups is 3. The molecule has 0 spiro atoms. The maximum absolute atomic E-state index is 13.4. The number of piperidine rings is 2. The Morgan fingerprint density at radius 2 is 1.59 bits per heavy atom.